The van der Waals surface area contributed by atoms with Gasteiger partial charge in [0.15, 0.2) is 0 Å². The number of nitrogens with one attached hydrogen (secondary N) is 1. The van der Waals surface area contributed by atoms with Crippen LogP contribution in [0.2, 0.25) is 0 Å². The standard InChI is InChI=1S/C12H23N/c1-10(12-4-5-12)2-3-11-6-8-13-9-7-11/h10-13H,2-9H2,1H3. The highest BCUT2D eigenvalue weighted by molar-refractivity contribution is 4.79. The van der Waals surface area contributed by atoms with Crippen molar-refractivity contribution in [3.63, 3.8) is 0 Å². The average molecular weight is 181 g/mol. The van der Waals surface area contributed by atoms with Crippen LogP contribution in [0.4, 0.5) is 0 Å². The van der Waals surface area contributed by atoms with Crippen LogP contribution in [0.3, 0.4) is 0 Å². The Hall–Kier alpha value is -0.0400. The first-order chi connectivity index (χ1) is 6.36. The normalized spacial score (nSPS) is 27.5. The largest absolute Gasteiger partial charge is 0.317 e. The lowest BCUT2D eigenvalue weighted by atomic mass is 9.88. The number of hydrogen-bond donors (Lipinski definition) is 1. The molecule has 1 aliphatic carbocycles. The van der Waals surface area contributed by atoms with Crippen molar-refractivity contribution in [3.05, 3.63) is 0 Å². The number of piperidine rings is 1. The molecule has 1 heteroatoms. The molecule has 13 heavy (non-hydrogen) atoms. The summed E-state index contributed by atoms with van der Waals surface area (Å²) in [6.07, 6.45) is 8.89. The second kappa shape index (κ2) is 4.45. The molecule has 1 N–H and O–H groups in total. The van der Waals surface area contributed by atoms with Crippen LogP contribution in [0.1, 0.15) is 45.4 Å². The summed E-state index contributed by atoms with van der Waals surface area (Å²) in [5.74, 6) is 3.18. The van der Waals surface area contributed by atoms with Crippen LogP contribution < -0.4 is 5.32 Å². The van der Waals surface area contributed by atoms with Crippen molar-refractivity contribution in [1.29, 1.82) is 0 Å². The molecule has 76 valence electrons. The molecule has 0 radical (unpaired) electrons. The second-order valence-corrected chi connectivity index (χ2v) is 5.09. The minimum atomic E-state index is 1.02. The first kappa shape index (κ1) is 9.51. The monoisotopic (exact) mass is 181 g/mol. The Morgan fingerprint density at radius 2 is 1.85 bits per heavy atom. The Morgan fingerprint density at radius 3 is 2.46 bits per heavy atom. The first-order valence-electron chi connectivity index (χ1n) is 6.07. The maximum absolute atomic E-state index is 3.44. The molecule has 1 atom stereocenters. The highest BCUT2D eigenvalue weighted by atomic mass is 14.9. The van der Waals surface area contributed by atoms with Crippen molar-refractivity contribution in [2.24, 2.45) is 17.8 Å². The molecule has 0 bridgehead atoms. The molecular weight excluding hydrogens is 158 g/mol. The zero-order chi connectivity index (χ0) is 9.10. The van der Waals surface area contributed by atoms with Gasteiger partial charge in [0, 0.05) is 0 Å². The fourth-order valence-corrected chi connectivity index (χ4v) is 2.57. The number of hydrogen-bond acceptors (Lipinski definition) is 1. The molecule has 1 unspecified atom stereocenters. The summed E-state index contributed by atoms with van der Waals surface area (Å²) in [6, 6.07) is 0. The summed E-state index contributed by atoms with van der Waals surface area (Å²) < 4.78 is 0. The first-order valence-corrected chi connectivity index (χ1v) is 6.07. The lowest BCUT2D eigenvalue weighted by Gasteiger charge is -2.23. The summed E-state index contributed by atoms with van der Waals surface area (Å²) in [5.41, 5.74) is 0. The molecule has 1 heterocycles. The van der Waals surface area contributed by atoms with E-state index in [0.29, 0.717) is 0 Å². The summed E-state index contributed by atoms with van der Waals surface area (Å²) in [6.45, 7) is 4.99. The molecule has 0 aromatic rings. The van der Waals surface area contributed by atoms with Crippen LogP contribution in [-0.2, 0) is 0 Å². The van der Waals surface area contributed by atoms with E-state index in [-0.39, 0.29) is 0 Å². The summed E-state index contributed by atoms with van der Waals surface area (Å²) >= 11 is 0. The van der Waals surface area contributed by atoms with Gasteiger partial charge in [-0.1, -0.05) is 19.8 Å². The third-order valence-corrected chi connectivity index (χ3v) is 3.92. The van der Waals surface area contributed by atoms with Gasteiger partial charge in [-0.3, -0.25) is 0 Å². The van der Waals surface area contributed by atoms with Crippen molar-refractivity contribution in [2.45, 2.75) is 45.4 Å². The zero-order valence-electron chi connectivity index (χ0n) is 8.89. The highest BCUT2D eigenvalue weighted by Gasteiger charge is 2.28. The van der Waals surface area contributed by atoms with E-state index in [4.69, 9.17) is 0 Å². The maximum Gasteiger partial charge on any atom is -0.00463 e. The van der Waals surface area contributed by atoms with Gasteiger partial charge in [-0.05, 0) is 56.5 Å². The Kier molecular flexibility index (Phi) is 3.26. The van der Waals surface area contributed by atoms with E-state index < -0.39 is 0 Å². The summed E-state index contributed by atoms with van der Waals surface area (Å²) in [5, 5.41) is 3.44. The van der Waals surface area contributed by atoms with Crippen LogP contribution >= 0.6 is 0 Å². The smallest absolute Gasteiger partial charge is 0.00463 e. The maximum atomic E-state index is 3.44. The molecule has 1 aliphatic heterocycles. The molecule has 1 saturated carbocycles. The summed E-state index contributed by atoms with van der Waals surface area (Å²) in [7, 11) is 0. The molecule has 0 aromatic carbocycles. The van der Waals surface area contributed by atoms with Gasteiger partial charge in [-0.15, -0.1) is 0 Å². The Morgan fingerprint density at radius 1 is 1.15 bits per heavy atom. The van der Waals surface area contributed by atoms with Gasteiger partial charge in [0.05, 0.1) is 0 Å². The Bertz CT molecular complexity index is 145. The van der Waals surface area contributed by atoms with E-state index >= 15 is 0 Å². The van der Waals surface area contributed by atoms with Gasteiger partial charge in [0.25, 0.3) is 0 Å². The Labute approximate surface area is 82.3 Å². The minimum Gasteiger partial charge on any atom is -0.317 e. The van der Waals surface area contributed by atoms with Crippen molar-refractivity contribution >= 4 is 0 Å². The predicted molar refractivity (Wildman–Crippen MR) is 56.7 cm³/mol. The van der Waals surface area contributed by atoms with Gasteiger partial charge >= 0.3 is 0 Å². The molecule has 1 nitrogen and oxygen atoms in total. The van der Waals surface area contributed by atoms with Crippen LogP contribution in [0, 0.1) is 17.8 Å². The van der Waals surface area contributed by atoms with Gasteiger partial charge in [0.2, 0.25) is 0 Å². The fraction of sp³-hybridized carbons (Fsp3) is 1.00. The van der Waals surface area contributed by atoms with Gasteiger partial charge in [0.1, 0.15) is 0 Å². The van der Waals surface area contributed by atoms with Crippen molar-refractivity contribution in [1.82, 2.24) is 5.32 Å². The lowest BCUT2D eigenvalue weighted by Crippen LogP contribution is -2.27. The van der Waals surface area contributed by atoms with Crippen LogP contribution in [-0.4, -0.2) is 13.1 Å². The van der Waals surface area contributed by atoms with Gasteiger partial charge in [-0.25, -0.2) is 0 Å². The van der Waals surface area contributed by atoms with Crippen molar-refractivity contribution < 1.29 is 0 Å². The highest BCUT2D eigenvalue weighted by Crippen LogP contribution is 2.39. The van der Waals surface area contributed by atoms with Crippen LogP contribution in [0.25, 0.3) is 0 Å². The van der Waals surface area contributed by atoms with Crippen LogP contribution in [0.5, 0.6) is 0 Å². The zero-order valence-corrected chi connectivity index (χ0v) is 8.89. The lowest BCUT2D eigenvalue weighted by molar-refractivity contribution is 0.315. The molecule has 0 aromatic heterocycles. The predicted octanol–water partition coefficient (Wildman–Crippen LogP) is 2.81. The third-order valence-electron chi connectivity index (χ3n) is 3.92. The molecular formula is C12H23N. The molecule has 2 aliphatic rings. The van der Waals surface area contributed by atoms with Crippen molar-refractivity contribution in [3.8, 4) is 0 Å². The van der Waals surface area contributed by atoms with E-state index in [1.165, 1.54) is 51.6 Å². The fourth-order valence-electron chi connectivity index (χ4n) is 2.57. The third kappa shape index (κ3) is 2.98. The topological polar surface area (TPSA) is 12.0 Å². The molecule has 2 rings (SSSR count). The second-order valence-electron chi connectivity index (χ2n) is 5.09. The minimum absolute atomic E-state index is 1.02. The van der Waals surface area contributed by atoms with E-state index in [9.17, 15) is 0 Å². The van der Waals surface area contributed by atoms with E-state index in [2.05, 4.69) is 12.2 Å². The van der Waals surface area contributed by atoms with Crippen molar-refractivity contribution in [2.75, 3.05) is 13.1 Å². The summed E-state index contributed by atoms with van der Waals surface area (Å²) in [4.78, 5) is 0. The van der Waals surface area contributed by atoms with Gasteiger partial charge in [-0.2, -0.15) is 0 Å². The Balaban J connectivity index is 1.60. The van der Waals surface area contributed by atoms with E-state index in [1.54, 1.807) is 0 Å². The molecule has 0 spiro atoms. The van der Waals surface area contributed by atoms with Crippen LogP contribution in [0.15, 0.2) is 0 Å². The quantitative estimate of drug-likeness (QED) is 0.703. The molecule has 2 fully saturated rings. The van der Waals surface area contributed by atoms with E-state index in [1.807, 2.05) is 0 Å². The number of rotatable bonds is 4. The van der Waals surface area contributed by atoms with Gasteiger partial charge < -0.3 is 5.32 Å². The average Bonchev–Trinajstić information content (AvgIpc) is 2.99. The SMILES string of the molecule is CC(CCC1CCNCC1)C1CC1. The molecule has 1 saturated heterocycles. The molecule has 0 amide bonds. The van der Waals surface area contributed by atoms with E-state index in [0.717, 1.165) is 17.8 Å².